The van der Waals surface area contributed by atoms with Crippen molar-refractivity contribution in [2.45, 2.75) is 40.0 Å². The molecule has 0 bridgehead atoms. The molecule has 1 atom stereocenters. The Morgan fingerprint density at radius 1 is 1.33 bits per heavy atom. The Labute approximate surface area is 92.6 Å². The van der Waals surface area contributed by atoms with Gasteiger partial charge in [-0.3, -0.25) is 4.79 Å². The van der Waals surface area contributed by atoms with Crippen LogP contribution in [0.2, 0.25) is 0 Å². The van der Waals surface area contributed by atoms with E-state index >= 15 is 0 Å². The van der Waals surface area contributed by atoms with Crippen LogP contribution in [0.4, 0.5) is 0 Å². The molecule has 2 aliphatic carbocycles. The Hall–Kier alpha value is -1.11. The van der Waals surface area contributed by atoms with Gasteiger partial charge in [0.25, 0.3) is 0 Å². The van der Waals surface area contributed by atoms with E-state index in [9.17, 15) is 4.79 Å². The highest BCUT2D eigenvalue weighted by Gasteiger charge is 2.38. The number of carbonyl (C=O) groups excluding carboxylic acids is 1. The predicted molar refractivity (Wildman–Crippen MR) is 64.7 cm³/mol. The third-order valence-corrected chi connectivity index (χ3v) is 3.25. The van der Waals surface area contributed by atoms with Crippen LogP contribution in [0.25, 0.3) is 0 Å². The van der Waals surface area contributed by atoms with Gasteiger partial charge in [0.1, 0.15) is 0 Å². The number of ketones is 1. The summed E-state index contributed by atoms with van der Waals surface area (Å²) in [5.74, 6) is 0.305. The molecule has 1 fully saturated rings. The molecule has 15 heavy (non-hydrogen) atoms. The quantitative estimate of drug-likeness (QED) is 0.548. The minimum atomic E-state index is -0.0654. The van der Waals surface area contributed by atoms with Gasteiger partial charge in [0.05, 0.1) is 0 Å². The van der Waals surface area contributed by atoms with Gasteiger partial charge in [-0.15, -0.1) is 0 Å². The highest BCUT2D eigenvalue weighted by molar-refractivity contribution is 5.99. The summed E-state index contributed by atoms with van der Waals surface area (Å²) in [7, 11) is 0. The summed E-state index contributed by atoms with van der Waals surface area (Å²) in [5, 5.41) is 0. The lowest BCUT2D eigenvalue weighted by Crippen LogP contribution is -2.32. The topological polar surface area (TPSA) is 17.1 Å². The molecular formula is C14H20O. The van der Waals surface area contributed by atoms with Gasteiger partial charge in [0, 0.05) is 17.4 Å². The Morgan fingerprint density at radius 2 is 2.00 bits per heavy atom. The van der Waals surface area contributed by atoms with Gasteiger partial charge in [0.15, 0.2) is 5.78 Å². The van der Waals surface area contributed by atoms with Gasteiger partial charge in [0.2, 0.25) is 0 Å². The van der Waals surface area contributed by atoms with Gasteiger partial charge in [-0.1, -0.05) is 51.2 Å². The third kappa shape index (κ3) is 1.97. The Kier molecular flexibility index (Phi) is 3.67. The van der Waals surface area contributed by atoms with Crippen molar-refractivity contribution in [2.24, 2.45) is 5.41 Å². The fraction of sp³-hybridized carbons (Fsp3) is 0.500. The zero-order valence-electron chi connectivity index (χ0n) is 9.97. The van der Waals surface area contributed by atoms with Crippen molar-refractivity contribution in [1.29, 1.82) is 0 Å². The predicted octanol–water partition coefficient (Wildman–Crippen LogP) is 3.82. The van der Waals surface area contributed by atoms with E-state index in [1.165, 1.54) is 5.57 Å². The molecule has 2 rings (SSSR count). The van der Waals surface area contributed by atoms with Crippen LogP contribution in [0.1, 0.15) is 40.0 Å². The van der Waals surface area contributed by atoms with Crippen LogP contribution >= 0.6 is 0 Å². The van der Waals surface area contributed by atoms with Crippen LogP contribution in [-0.4, -0.2) is 5.78 Å². The van der Waals surface area contributed by atoms with Crippen LogP contribution in [0.15, 0.2) is 36.0 Å². The molecule has 82 valence electrons. The molecule has 0 aromatic heterocycles. The smallest absolute Gasteiger partial charge is 0.160 e. The molecule has 0 spiro atoms. The number of Topliss-reactive ketones (excluding diaryl/α,β-unsaturated/α-hetero) is 1. The van der Waals surface area contributed by atoms with E-state index in [-0.39, 0.29) is 5.41 Å². The molecular weight excluding hydrogens is 184 g/mol. The first-order valence-corrected chi connectivity index (χ1v) is 5.73. The number of carbonyl (C=O) groups is 1. The van der Waals surface area contributed by atoms with E-state index in [0.29, 0.717) is 12.2 Å². The molecule has 0 aromatic rings. The lowest BCUT2D eigenvalue weighted by Gasteiger charge is -2.38. The van der Waals surface area contributed by atoms with Gasteiger partial charge < -0.3 is 0 Å². The van der Waals surface area contributed by atoms with Crippen LogP contribution < -0.4 is 0 Å². The first-order chi connectivity index (χ1) is 7.14. The zero-order valence-corrected chi connectivity index (χ0v) is 9.97. The average Bonchev–Trinajstić information content (AvgIpc) is 2.27. The summed E-state index contributed by atoms with van der Waals surface area (Å²) >= 11 is 0. The molecule has 1 saturated carbocycles. The second-order valence-electron chi connectivity index (χ2n) is 4.07. The van der Waals surface area contributed by atoms with E-state index in [0.717, 1.165) is 18.4 Å². The third-order valence-electron chi connectivity index (χ3n) is 3.25. The van der Waals surface area contributed by atoms with E-state index in [2.05, 4.69) is 19.6 Å². The number of rotatable bonds is 0. The van der Waals surface area contributed by atoms with Crippen LogP contribution in [0, 0.1) is 5.41 Å². The minimum Gasteiger partial charge on any atom is -0.295 e. The molecule has 1 unspecified atom stereocenters. The molecule has 0 saturated heterocycles. The van der Waals surface area contributed by atoms with E-state index < -0.39 is 0 Å². The number of hydrogen-bond donors (Lipinski definition) is 0. The van der Waals surface area contributed by atoms with Crippen molar-refractivity contribution in [1.82, 2.24) is 0 Å². The summed E-state index contributed by atoms with van der Waals surface area (Å²) in [4.78, 5) is 11.6. The van der Waals surface area contributed by atoms with Crippen molar-refractivity contribution in [3.05, 3.63) is 36.0 Å². The summed E-state index contributed by atoms with van der Waals surface area (Å²) in [5.41, 5.74) is 2.11. The number of hydrogen-bond acceptors (Lipinski definition) is 1. The first kappa shape index (κ1) is 12.0. The SMILES string of the molecule is C=C1CCC(=O)C2=CC=CCC12C.CC. The first-order valence-electron chi connectivity index (χ1n) is 5.73. The number of allylic oxidation sites excluding steroid dienone is 5. The molecule has 0 aliphatic heterocycles. The van der Waals surface area contributed by atoms with Crippen LogP contribution in [0.5, 0.6) is 0 Å². The molecule has 0 N–H and O–H groups in total. The maximum Gasteiger partial charge on any atom is 0.160 e. The Bertz CT molecular complexity index is 333. The van der Waals surface area contributed by atoms with Crippen molar-refractivity contribution < 1.29 is 4.79 Å². The lowest BCUT2D eigenvalue weighted by atomic mass is 9.65. The molecule has 0 aromatic carbocycles. The molecule has 0 amide bonds. The molecule has 1 heteroatoms. The van der Waals surface area contributed by atoms with Gasteiger partial charge in [-0.25, -0.2) is 0 Å². The summed E-state index contributed by atoms with van der Waals surface area (Å²) in [6.07, 6.45) is 8.50. The van der Waals surface area contributed by atoms with Crippen LogP contribution in [-0.2, 0) is 4.79 Å². The average molecular weight is 204 g/mol. The van der Waals surface area contributed by atoms with E-state index in [4.69, 9.17) is 0 Å². The maximum absolute atomic E-state index is 11.6. The van der Waals surface area contributed by atoms with Gasteiger partial charge >= 0.3 is 0 Å². The van der Waals surface area contributed by atoms with Crippen LogP contribution in [0.3, 0.4) is 0 Å². The maximum atomic E-state index is 11.6. The molecule has 1 nitrogen and oxygen atoms in total. The zero-order chi connectivity index (χ0) is 11.5. The number of fused-ring (bicyclic) bond motifs is 1. The highest BCUT2D eigenvalue weighted by Crippen LogP contribution is 2.46. The normalized spacial score (nSPS) is 28.9. The van der Waals surface area contributed by atoms with Crippen molar-refractivity contribution in [3.63, 3.8) is 0 Å². The van der Waals surface area contributed by atoms with Crippen molar-refractivity contribution >= 4 is 5.78 Å². The van der Waals surface area contributed by atoms with Gasteiger partial charge in [-0.2, -0.15) is 0 Å². The monoisotopic (exact) mass is 204 g/mol. The fourth-order valence-electron chi connectivity index (χ4n) is 2.17. The largest absolute Gasteiger partial charge is 0.295 e. The Morgan fingerprint density at radius 3 is 2.60 bits per heavy atom. The molecule has 0 heterocycles. The summed E-state index contributed by atoms with van der Waals surface area (Å²) in [6, 6.07) is 0. The van der Waals surface area contributed by atoms with E-state index in [1.54, 1.807) is 0 Å². The van der Waals surface area contributed by atoms with Crippen molar-refractivity contribution in [2.75, 3.05) is 0 Å². The standard InChI is InChI=1S/C12H14O.C2H6/c1-9-6-7-11(13)10-5-3-4-8-12(9,10)2;1-2/h3-5H,1,6-8H2,2H3;1-2H3. The van der Waals surface area contributed by atoms with Crippen molar-refractivity contribution in [3.8, 4) is 0 Å². The summed E-state index contributed by atoms with van der Waals surface area (Å²) in [6.45, 7) is 10.2. The Balaban J connectivity index is 0.000000531. The highest BCUT2D eigenvalue weighted by atomic mass is 16.1. The fourth-order valence-corrected chi connectivity index (χ4v) is 2.17. The van der Waals surface area contributed by atoms with Gasteiger partial charge in [-0.05, 0) is 12.8 Å². The van der Waals surface area contributed by atoms with E-state index in [1.807, 2.05) is 26.0 Å². The second kappa shape index (κ2) is 4.61. The molecule has 0 radical (unpaired) electrons. The minimum absolute atomic E-state index is 0.0654. The molecule has 2 aliphatic rings. The lowest BCUT2D eigenvalue weighted by molar-refractivity contribution is -0.117. The second-order valence-corrected chi connectivity index (χ2v) is 4.07. The summed E-state index contributed by atoms with van der Waals surface area (Å²) < 4.78 is 0.